The van der Waals surface area contributed by atoms with Gasteiger partial charge < -0.3 is 14.2 Å². The summed E-state index contributed by atoms with van der Waals surface area (Å²) in [5.74, 6) is 1.50. The summed E-state index contributed by atoms with van der Waals surface area (Å²) in [6, 6.07) is 5.41. The van der Waals surface area contributed by atoms with Crippen LogP contribution in [-0.2, 0) is 17.8 Å². The highest BCUT2D eigenvalue weighted by Crippen LogP contribution is 2.22. The number of rotatable bonds is 7. The molecule has 3 rings (SSSR count). The van der Waals surface area contributed by atoms with Crippen LogP contribution in [0.5, 0.6) is 0 Å². The Bertz CT molecular complexity index is 744. The maximum absolute atomic E-state index is 12.0. The Morgan fingerprint density at radius 3 is 3.04 bits per heavy atom. The van der Waals surface area contributed by atoms with Crippen molar-refractivity contribution in [2.24, 2.45) is 0 Å². The smallest absolute Gasteiger partial charge is 0.263 e. The number of aromatic nitrogens is 3. The molecule has 3 aromatic heterocycles. The van der Waals surface area contributed by atoms with Crippen LogP contribution in [0.15, 0.2) is 45.7 Å². The zero-order valence-electron chi connectivity index (χ0n) is 12.9. The van der Waals surface area contributed by atoms with E-state index in [9.17, 15) is 4.79 Å². The van der Waals surface area contributed by atoms with E-state index in [1.807, 2.05) is 16.9 Å². The lowest BCUT2D eigenvalue weighted by atomic mass is 10.2. The number of hydrogen-bond acceptors (Lipinski definition) is 5. The number of nitrogens with one attached hydrogen (secondary N) is 1. The molecule has 0 spiro atoms. The van der Waals surface area contributed by atoms with Crippen molar-refractivity contribution in [2.75, 3.05) is 6.54 Å². The summed E-state index contributed by atoms with van der Waals surface area (Å²) >= 11 is 0. The van der Waals surface area contributed by atoms with Gasteiger partial charge in [0.1, 0.15) is 5.76 Å². The number of hydrogen-bond donors (Lipinski definition) is 1. The molecule has 3 aromatic rings. The van der Waals surface area contributed by atoms with E-state index < -0.39 is 0 Å². The van der Waals surface area contributed by atoms with Gasteiger partial charge in [0.05, 0.1) is 18.4 Å². The fraction of sp³-hybridized carbons (Fsp3) is 0.312. The van der Waals surface area contributed by atoms with Crippen LogP contribution in [0.4, 0.5) is 0 Å². The predicted octanol–water partition coefficient (Wildman–Crippen LogP) is 2.19. The highest BCUT2D eigenvalue weighted by Gasteiger charge is 2.15. The zero-order chi connectivity index (χ0) is 16.1. The van der Waals surface area contributed by atoms with Crippen molar-refractivity contribution < 1.29 is 13.6 Å². The summed E-state index contributed by atoms with van der Waals surface area (Å²) in [5, 5.41) is 6.99. The van der Waals surface area contributed by atoms with Gasteiger partial charge in [0.15, 0.2) is 5.76 Å². The minimum Gasteiger partial charge on any atom is -0.459 e. The third kappa shape index (κ3) is 3.88. The van der Waals surface area contributed by atoms with Gasteiger partial charge in [-0.15, -0.1) is 0 Å². The Labute approximate surface area is 133 Å². The Kier molecular flexibility index (Phi) is 4.56. The van der Waals surface area contributed by atoms with Crippen LogP contribution in [0.25, 0.3) is 11.7 Å². The largest absolute Gasteiger partial charge is 0.459 e. The average Bonchev–Trinajstić information content (AvgIpc) is 3.26. The first-order valence-corrected chi connectivity index (χ1v) is 7.46. The molecule has 120 valence electrons. The fourth-order valence-electron chi connectivity index (χ4n) is 2.21. The molecule has 0 aliphatic rings. The van der Waals surface area contributed by atoms with Crippen molar-refractivity contribution in [3.63, 3.8) is 0 Å². The fourth-order valence-corrected chi connectivity index (χ4v) is 2.21. The normalized spacial score (nSPS) is 10.8. The van der Waals surface area contributed by atoms with Crippen molar-refractivity contribution in [3.8, 4) is 11.7 Å². The standard InChI is InChI=1S/C16H18N4O3/c1-12-13(19-16(23-12)14-5-2-10-22-14)11-15(21)17-6-3-8-20-9-4-7-18-20/h2,4-5,7,9-10H,3,6,8,11H2,1H3,(H,17,21). The van der Waals surface area contributed by atoms with Gasteiger partial charge in [-0.3, -0.25) is 9.48 Å². The van der Waals surface area contributed by atoms with Crippen molar-refractivity contribution in [1.82, 2.24) is 20.1 Å². The highest BCUT2D eigenvalue weighted by molar-refractivity contribution is 5.78. The average molecular weight is 314 g/mol. The number of amides is 1. The molecule has 0 radical (unpaired) electrons. The number of furan rings is 1. The highest BCUT2D eigenvalue weighted by atomic mass is 16.4. The molecule has 7 heteroatoms. The summed E-state index contributed by atoms with van der Waals surface area (Å²) in [6.45, 7) is 3.17. The van der Waals surface area contributed by atoms with Gasteiger partial charge in [-0.25, -0.2) is 4.98 Å². The predicted molar refractivity (Wildman–Crippen MR) is 82.5 cm³/mol. The summed E-state index contributed by atoms with van der Waals surface area (Å²) in [7, 11) is 0. The van der Waals surface area contributed by atoms with Crippen LogP contribution >= 0.6 is 0 Å². The van der Waals surface area contributed by atoms with E-state index in [1.165, 1.54) is 0 Å². The minimum absolute atomic E-state index is 0.0761. The van der Waals surface area contributed by atoms with Gasteiger partial charge in [0.25, 0.3) is 5.89 Å². The first-order chi connectivity index (χ1) is 11.2. The lowest BCUT2D eigenvalue weighted by Gasteiger charge is -2.04. The SMILES string of the molecule is Cc1oc(-c2ccco2)nc1CC(=O)NCCCn1cccn1. The number of oxazole rings is 1. The number of nitrogens with zero attached hydrogens (tertiary/aromatic N) is 3. The molecule has 3 heterocycles. The molecule has 0 aliphatic heterocycles. The second-order valence-corrected chi connectivity index (χ2v) is 5.15. The van der Waals surface area contributed by atoms with Crippen molar-refractivity contribution in [2.45, 2.75) is 26.3 Å². The van der Waals surface area contributed by atoms with E-state index in [-0.39, 0.29) is 12.3 Å². The molecule has 0 unspecified atom stereocenters. The van der Waals surface area contributed by atoms with Gasteiger partial charge in [0, 0.05) is 25.5 Å². The van der Waals surface area contributed by atoms with Crippen LogP contribution in [0.2, 0.25) is 0 Å². The number of carbonyl (C=O) groups excluding carboxylic acids is 1. The van der Waals surface area contributed by atoms with Crippen LogP contribution in [-0.4, -0.2) is 27.2 Å². The Morgan fingerprint density at radius 2 is 2.30 bits per heavy atom. The molecule has 23 heavy (non-hydrogen) atoms. The summed E-state index contributed by atoms with van der Waals surface area (Å²) in [5.41, 5.74) is 0.626. The van der Waals surface area contributed by atoms with Crippen molar-refractivity contribution in [1.29, 1.82) is 0 Å². The second kappa shape index (κ2) is 6.95. The zero-order valence-corrected chi connectivity index (χ0v) is 12.9. The van der Waals surface area contributed by atoms with Gasteiger partial charge in [-0.1, -0.05) is 0 Å². The van der Waals surface area contributed by atoms with E-state index in [1.54, 1.807) is 31.5 Å². The Balaban J connectivity index is 1.48. The molecular formula is C16H18N4O3. The Morgan fingerprint density at radius 1 is 1.39 bits per heavy atom. The van der Waals surface area contributed by atoms with Gasteiger partial charge in [-0.05, 0) is 31.5 Å². The van der Waals surface area contributed by atoms with E-state index in [0.717, 1.165) is 13.0 Å². The molecule has 0 atom stereocenters. The molecule has 7 nitrogen and oxygen atoms in total. The summed E-state index contributed by atoms with van der Waals surface area (Å²) < 4.78 is 12.6. The Hall–Kier alpha value is -2.83. The van der Waals surface area contributed by atoms with E-state index in [2.05, 4.69) is 15.4 Å². The van der Waals surface area contributed by atoms with Crippen molar-refractivity contribution in [3.05, 3.63) is 48.3 Å². The maximum Gasteiger partial charge on any atom is 0.263 e. The van der Waals surface area contributed by atoms with Gasteiger partial charge in [-0.2, -0.15) is 5.10 Å². The molecule has 0 saturated heterocycles. The topological polar surface area (TPSA) is 86.1 Å². The molecular weight excluding hydrogens is 296 g/mol. The monoisotopic (exact) mass is 314 g/mol. The number of aryl methyl sites for hydroxylation is 2. The van der Waals surface area contributed by atoms with Crippen LogP contribution in [0, 0.1) is 6.92 Å². The molecule has 1 amide bonds. The first kappa shape index (κ1) is 15.1. The molecule has 1 N–H and O–H groups in total. The van der Waals surface area contributed by atoms with Gasteiger partial charge >= 0.3 is 0 Å². The van der Waals surface area contributed by atoms with Crippen LogP contribution in [0.1, 0.15) is 17.9 Å². The van der Waals surface area contributed by atoms with E-state index >= 15 is 0 Å². The lowest BCUT2D eigenvalue weighted by Crippen LogP contribution is -2.27. The summed E-state index contributed by atoms with van der Waals surface area (Å²) in [4.78, 5) is 16.3. The van der Waals surface area contributed by atoms with Crippen molar-refractivity contribution >= 4 is 5.91 Å². The van der Waals surface area contributed by atoms with E-state index in [0.29, 0.717) is 29.6 Å². The van der Waals surface area contributed by atoms with Crippen LogP contribution < -0.4 is 5.32 Å². The minimum atomic E-state index is -0.0761. The number of carbonyl (C=O) groups is 1. The third-order valence-electron chi connectivity index (χ3n) is 3.40. The quantitative estimate of drug-likeness (QED) is 0.676. The molecule has 0 saturated carbocycles. The molecule has 0 aliphatic carbocycles. The summed E-state index contributed by atoms with van der Waals surface area (Å²) in [6.07, 6.45) is 6.21. The van der Waals surface area contributed by atoms with Gasteiger partial charge in [0.2, 0.25) is 5.91 Å². The lowest BCUT2D eigenvalue weighted by molar-refractivity contribution is -0.120. The third-order valence-corrected chi connectivity index (χ3v) is 3.40. The molecule has 0 bridgehead atoms. The van der Waals surface area contributed by atoms with E-state index in [4.69, 9.17) is 8.83 Å². The molecule has 0 fully saturated rings. The maximum atomic E-state index is 12.0. The molecule has 0 aromatic carbocycles. The second-order valence-electron chi connectivity index (χ2n) is 5.15. The first-order valence-electron chi connectivity index (χ1n) is 7.46. The van der Waals surface area contributed by atoms with Crippen LogP contribution in [0.3, 0.4) is 0 Å².